The summed E-state index contributed by atoms with van der Waals surface area (Å²) in [5, 5.41) is 24.5. The van der Waals surface area contributed by atoms with Gasteiger partial charge in [-0.1, -0.05) is 30.3 Å². The molecule has 0 aliphatic carbocycles. The molecule has 3 aliphatic heterocycles. The van der Waals surface area contributed by atoms with E-state index >= 15 is 0 Å². The minimum absolute atomic E-state index is 0.116. The highest BCUT2D eigenvalue weighted by molar-refractivity contribution is 6.09. The first-order valence-corrected chi connectivity index (χ1v) is 9.61. The van der Waals surface area contributed by atoms with Crippen LogP contribution in [0.2, 0.25) is 0 Å². The van der Waals surface area contributed by atoms with E-state index in [1.54, 1.807) is 0 Å². The van der Waals surface area contributed by atoms with Crippen molar-refractivity contribution in [1.82, 2.24) is 4.90 Å². The SMILES string of the molecule is O=C(O)[C@H]1[C@H](c2ccccc2)[C@H]2CCCN2[C@]12C(=O)Nc1ccc([N+](=O)[O-])cc12. The maximum Gasteiger partial charge on any atom is 0.309 e. The van der Waals surface area contributed by atoms with Crippen LogP contribution in [0.15, 0.2) is 48.5 Å². The number of nitro benzene ring substituents is 1. The van der Waals surface area contributed by atoms with E-state index in [4.69, 9.17) is 0 Å². The first-order chi connectivity index (χ1) is 14.0. The fourth-order valence-corrected chi connectivity index (χ4v) is 5.69. The van der Waals surface area contributed by atoms with Crippen LogP contribution in [-0.4, -0.2) is 39.4 Å². The normalized spacial score (nSPS) is 30.2. The van der Waals surface area contributed by atoms with E-state index in [0.29, 0.717) is 17.8 Å². The van der Waals surface area contributed by atoms with E-state index in [1.807, 2.05) is 35.2 Å². The standard InChI is InChI=1S/C21H19N3O5/c25-19(26)18-17(12-5-2-1-3-6-12)16-7-4-10-23(16)21(18)14-11-13(24(28)29)8-9-15(14)22-20(21)27/h1-3,5-6,8-9,11,16-18H,4,7,10H2,(H,22,27)(H,25,26)/t16-,17-,18-,21+/m1/s1. The number of nitrogens with one attached hydrogen (secondary N) is 1. The van der Waals surface area contributed by atoms with E-state index in [-0.39, 0.29) is 17.6 Å². The zero-order valence-corrected chi connectivity index (χ0v) is 15.4. The van der Waals surface area contributed by atoms with Crippen LogP contribution < -0.4 is 5.32 Å². The first-order valence-electron chi connectivity index (χ1n) is 9.61. The van der Waals surface area contributed by atoms with E-state index in [1.165, 1.54) is 18.2 Å². The van der Waals surface area contributed by atoms with Gasteiger partial charge < -0.3 is 10.4 Å². The van der Waals surface area contributed by atoms with Gasteiger partial charge in [-0.25, -0.2) is 0 Å². The van der Waals surface area contributed by atoms with Crippen LogP contribution in [0.1, 0.15) is 29.9 Å². The first kappa shape index (κ1) is 17.8. The second-order valence-corrected chi connectivity index (χ2v) is 7.86. The summed E-state index contributed by atoms with van der Waals surface area (Å²) in [6.07, 6.45) is 1.63. The molecule has 2 N–H and O–H groups in total. The molecule has 148 valence electrons. The minimum atomic E-state index is -1.45. The summed E-state index contributed by atoms with van der Waals surface area (Å²) in [7, 11) is 0. The van der Waals surface area contributed by atoms with Gasteiger partial charge in [0.25, 0.3) is 11.6 Å². The van der Waals surface area contributed by atoms with Crippen molar-refractivity contribution in [3.05, 3.63) is 69.8 Å². The Hall–Kier alpha value is -3.26. The molecule has 3 heterocycles. The highest BCUT2D eigenvalue weighted by atomic mass is 16.6. The second-order valence-electron chi connectivity index (χ2n) is 7.86. The van der Waals surface area contributed by atoms with Crippen LogP contribution in [0.3, 0.4) is 0 Å². The number of nitro groups is 1. The minimum Gasteiger partial charge on any atom is -0.481 e. The molecule has 2 aromatic carbocycles. The number of nitrogens with zero attached hydrogens (tertiary/aromatic N) is 2. The molecular weight excluding hydrogens is 374 g/mol. The Kier molecular flexibility index (Phi) is 3.76. The van der Waals surface area contributed by atoms with Crippen molar-refractivity contribution in [3.63, 3.8) is 0 Å². The third-order valence-corrected chi connectivity index (χ3v) is 6.65. The average Bonchev–Trinajstić information content (AvgIpc) is 3.35. The molecule has 2 fully saturated rings. The summed E-state index contributed by atoms with van der Waals surface area (Å²) < 4.78 is 0. The van der Waals surface area contributed by atoms with Gasteiger partial charge in [-0.2, -0.15) is 0 Å². The third-order valence-electron chi connectivity index (χ3n) is 6.65. The number of carboxylic acids is 1. The number of hydrogen-bond acceptors (Lipinski definition) is 5. The number of fused-ring (bicyclic) bond motifs is 4. The van der Waals surface area contributed by atoms with Crippen LogP contribution in [-0.2, 0) is 15.1 Å². The lowest BCUT2D eigenvalue weighted by molar-refractivity contribution is -0.385. The van der Waals surface area contributed by atoms with Crippen molar-refractivity contribution >= 4 is 23.3 Å². The molecule has 4 atom stereocenters. The van der Waals surface area contributed by atoms with Crippen molar-refractivity contribution in [3.8, 4) is 0 Å². The predicted octanol–water partition coefficient (Wildman–Crippen LogP) is 2.70. The van der Waals surface area contributed by atoms with Crippen LogP contribution >= 0.6 is 0 Å². The number of carbonyl (C=O) groups is 2. The van der Waals surface area contributed by atoms with Crippen LogP contribution in [0.5, 0.6) is 0 Å². The maximum absolute atomic E-state index is 13.4. The van der Waals surface area contributed by atoms with Gasteiger partial charge >= 0.3 is 5.97 Å². The number of non-ortho nitro benzene ring substituents is 1. The number of amides is 1. The zero-order valence-electron chi connectivity index (χ0n) is 15.4. The molecule has 0 radical (unpaired) electrons. The van der Waals surface area contributed by atoms with Gasteiger partial charge in [-0.05, 0) is 31.0 Å². The largest absolute Gasteiger partial charge is 0.481 e. The Morgan fingerprint density at radius 2 is 2.00 bits per heavy atom. The summed E-state index contributed by atoms with van der Waals surface area (Å²) in [6, 6.07) is 13.5. The van der Waals surface area contributed by atoms with Gasteiger partial charge in [-0.3, -0.25) is 24.6 Å². The molecule has 3 aliphatic rings. The molecule has 1 amide bonds. The fraction of sp³-hybridized carbons (Fsp3) is 0.333. The molecule has 8 nitrogen and oxygen atoms in total. The van der Waals surface area contributed by atoms with E-state index in [9.17, 15) is 24.8 Å². The van der Waals surface area contributed by atoms with Gasteiger partial charge in [0.15, 0.2) is 0 Å². The number of rotatable bonds is 3. The van der Waals surface area contributed by atoms with E-state index in [2.05, 4.69) is 5.32 Å². The Labute approximate surface area is 166 Å². The molecule has 8 heteroatoms. The fourth-order valence-electron chi connectivity index (χ4n) is 5.69. The lowest BCUT2D eigenvalue weighted by Gasteiger charge is -2.35. The van der Waals surface area contributed by atoms with Gasteiger partial charge in [0.05, 0.1) is 10.8 Å². The lowest BCUT2D eigenvalue weighted by Crippen LogP contribution is -2.52. The second kappa shape index (κ2) is 6.12. The molecular formula is C21H19N3O5. The number of anilines is 1. The van der Waals surface area contributed by atoms with Crippen molar-refractivity contribution in [2.75, 3.05) is 11.9 Å². The molecule has 2 saturated heterocycles. The van der Waals surface area contributed by atoms with Crippen molar-refractivity contribution < 1.29 is 19.6 Å². The van der Waals surface area contributed by atoms with Gasteiger partial charge in [0, 0.05) is 35.3 Å². The molecule has 5 rings (SSSR count). The predicted molar refractivity (Wildman–Crippen MR) is 103 cm³/mol. The quantitative estimate of drug-likeness (QED) is 0.612. The Morgan fingerprint density at radius 3 is 2.69 bits per heavy atom. The van der Waals surface area contributed by atoms with Gasteiger partial charge in [0.2, 0.25) is 0 Å². The number of benzene rings is 2. The molecule has 0 bridgehead atoms. The molecule has 2 aromatic rings. The Balaban J connectivity index is 1.78. The summed E-state index contributed by atoms with van der Waals surface area (Å²) in [6.45, 7) is 0.577. The molecule has 1 spiro atoms. The van der Waals surface area contributed by atoms with Crippen LogP contribution in [0.25, 0.3) is 0 Å². The molecule has 0 aromatic heterocycles. The summed E-state index contributed by atoms with van der Waals surface area (Å²) in [5.74, 6) is -2.90. The monoisotopic (exact) mass is 393 g/mol. The Morgan fingerprint density at radius 1 is 1.24 bits per heavy atom. The summed E-state index contributed by atoms with van der Waals surface area (Å²) in [4.78, 5) is 38.8. The van der Waals surface area contributed by atoms with Crippen molar-refractivity contribution in [2.45, 2.75) is 30.3 Å². The highest BCUT2D eigenvalue weighted by Crippen LogP contribution is 2.60. The van der Waals surface area contributed by atoms with E-state index in [0.717, 1.165) is 18.4 Å². The molecule has 0 unspecified atom stereocenters. The average molecular weight is 393 g/mol. The van der Waals surface area contributed by atoms with Gasteiger partial charge in [-0.15, -0.1) is 0 Å². The number of aliphatic carboxylic acids is 1. The van der Waals surface area contributed by atoms with Crippen LogP contribution in [0.4, 0.5) is 11.4 Å². The molecule has 0 saturated carbocycles. The van der Waals surface area contributed by atoms with Gasteiger partial charge in [0.1, 0.15) is 5.54 Å². The van der Waals surface area contributed by atoms with Crippen LogP contribution in [0, 0.1) is 16.0 Å². The topological polar surface area (TPSA) is 113 Å². The number of carboxylic acid groups (broad SMARTS) is 1. The summed E-state index contributed by atoms with van der Waals surface area (Å²) in [5.41, 5.74) is 0.123. The summed E-state index contributed by atoms with van der Waals surface area (Å²) >= 11 is 0. The maximum atomic E-state index is 13.4. The number of carbonyl (C=O) groups excluding carboxylic acids is 1. The van der Waals surface area contributed by atoms with Crippen molar-refractivity contribution in [2.24, 2.45) is 5.92 Å². The van der Waals surface area contributed by atoms with E-state index < -0.39 is 28.3 Å². The number of hydrogen-bond donors (Lipinski definition) is 2. The lowest BCUT2D eigenvalue weighted by atomic mass is 9.72. The zero-order chi connectivity index (χ0) is 20.3. The third kappa shape index (κ3) is 2.23. The molecule has 29 heavy (non-hydrogen) atoms. The Bertz CT molecular complexity index is 1040. The smallest absolute Gasteiger partial charge is 0.309 e. The van der Waals surface area contributed by atoms with Crippen molar-refractivity contribution in [1.29, 1.82) is 0 Å². The highest BCUT2D eigenvalue weighted by Gasteiger charge is 2.69.